The van der Waals surface area contributed by atoms with Crippen LogP contribution >= 0.6 is 0 Å². The zero-order chi connectivity index (χ0) is 13.7. The molecule has 0 saturated carbocycles. The van der Waals surface area contributed by atoms with Gasteiger partial charge in [0.15, 0.2) is 0 Å². The number of hydrogen-bond acceptors (Lipinski definition) is 4. The summed E-state index contributed by atoms with van der Waals surface area (Å²) in [5.74, 6) is 0.694. The van der Waals surface area contributed by atoms with Crippen molar-refractivity contribution < 1.29 is 9.47 Å². The van der Waals surface area contributed by atoms with Crippen LogP contribution in [0.2, 0.25) is 0 Å². The Kier molecular flexibility index (Phi) is 6.07. The van der Waals surface area contributed by atoms with E-state index in [-0.39, 0.29) is 0 Å². The molecule has 4 unspecified atom stereocenters. The Balaban J connectivity index is 1.62. The maximum atomic E-state index is 5.71. The fourth-order valence-electron chi connectivity index (χ4n) is 3.19. The first kappa shape index (κ1) is 15.2. The van der Waals surface area contributed by atoms with Crippen molar-refractivity contribution in [2.24, 2.45) is 5.92 Å². The maximum absolute atomic E-state index is 5.71. The molecule has 112 valence electrons. The van der Waals surface area contributed by atoms with Gasteiger partial charge in [-0.2, -0.15) is 0 Å². The van der Waals surface area contributed by atoms with E-state index >= 15 is 0 Å². The highest BCUT2D eigenvalue weighted by Gasteiger charge is 2.26. The molecule has 0 radical (unpaired) electrons. The van der Waals surface area contributed by atoms with Gasteiger partial charge >= 0.3 is 0 Å². The predicted molar refractivity (Wildman–Crippen MR) is 77.5 cm³/mol. The lowest BCUT2D eigenvalue weighted by Gasteiger charge is -2.36. The number of piperidine rings is 1. The normalized spacial score (nSPS) is 34.6. The summed E-state index contributed by atoms with van der Waals surface area (Å²) in [7, 11) is 1.84. The first-order valence-corrected chi connectivity index (χ1v) is 7.81. The number of hydrogen-bond donors (Lipinski definition) is 1. The van der Waals surface area contributed by atoms with Gasteiger partial charge in [-0.05, 0) is 38.6 Å². The van der Waals surface area contributed by atoms with E-state index in [1.807, 2.05) is 7.11 Å². The second-order valence-electron chi connectivity index (χ2n) is 6.13. The molecule has 4 atom stereocenters. The molecule has 1 N–H and O–H groups in total. The molecule has 19 heavy (non-hydrogen) atoms. The van der Waals surface area contributed by atoms with Crippen molar-refractivity contribution >= 4 is 0 Å². The minimum Gasteiger partial charge on any atom is -0.380 e. The summed E-state index contributed by atoms with van der Waals surface area (Å²) in [5.41, 5.74) is 0. The van der Waals surface area contributed by atoms with Crippen molar-refractivity contribution in [3.8, 4) is 0 Å². The quantitative estimate of drug-likeness (QED) is 0.793. The molecule has 4 heteroatoms. The van der Waals surface area contributed by atoms with Crippen molar-refractivity contribution in [2.75, 3.05) is 39.9 Å². The van der Waals surface area contributed by atoms with Crippen molar-refractivity contribution in [3.63, 3.8) is 0 Å². The van der Waals surface area contributed by atoms with Crippen molar-refractivity contribution in [2.45, 2.75) is 51.4 Å². The molecule has 2 saturated heterocycles. The molecule has 2 fully saturated rings. The third-order valence-electron chi connectivity index (χ3n) is 4.69. The molecule has 4 nitrogen and oxygen atoms in total. The summed E-state index contributed by atoms with van der Waals surface area (Å²) in [4.78, 5) is 2.52. The minimum absolute atomic E-state index is 0.407. The number of nitrogens with zero attached hydrogens (tertiary/aromatic N) is 1. The summed E-state index contributed by atoms with van der Waals surface area (Å²) in [6, 6.07) is 0.476. The van der Waals surface area contributed by atoms with E-state index in [4.69, 9.17) is 9.47 Å². The van der Waals surface area contributed by atoms with E-state index in [2.05, 4.69) is 24.1 Å². The molecule has 2 aliphatic heterocycles. The van der Waals surface area contributed by atoms with Gasteiger partial charge in [0.25, 0.3) is 0 Å². The highest BCUT2D eigenvalue weighted by atomic mass is 16.5. The highest BCUT2D eigenvalue weighted by Crippen LogP contribution is 2.19. The monoisotopic (exact) mass is 270 g/mol. The standard InChI is InChI=1S/C15H30N2O2/c1-12-6-8-17(11-15(12)18-3)9-7-16-13(2)14-5-4-10-19-14/h12-16H,4-11H2,1-3H3. The van der Waals surface area contributed by atoms with Gasteiger partial charge in [0.2, 0.25) is 0 Å². The lowest BCUT2D eigenvalue weighted by Crippen LogP contribution is -2.47. The summed E-state index contributed by atoms with van der Waals surface area (Å²) in [5, 5.41) is 3.61. The zero-order valence-electron chi connectivity index (χ0n) is 12.7. The molecule has 2 rings (SSSR count). The third kappa shape index (κ3) is 4.42. The van der Waals surface area contributed by atoms with Crippen LogP contribution in [0.4, 0.5) is 0 Å². The van der Waals surface area contributed by atoms with Crippen LogP contribution < -0.4 is 5.32 Å². The number of rotatable bonds is 6. The molecule has 0 aromatic rings. The van der Waals surface area contributed by atoms with Gasteiger partial charge in [-0.3, -0.25) is 4.90 Å². The number of nitrogens with one attached hydrogen (secondary N) is 1. The summed E-state index contributed by atoms with van der Waals surface area (Å²) >= 11 is 0. The molecule has 0 amide bonds. The Morgan fingerprint density at radius 1 is 1.42 bits per heavy atom. The van der Waals surface area contributed by atoms with Crippen molar-refractivity contribution in [1.29, 1.82) is 0 Å². The molecule has 0 bridgehead atoms. The topological polar surface area (TPSA) is 33.7 Å². The van der Waals surface area contributed by atoms with Crippen molar-refractivity contribution in [1.82, 2.24) is 10.2 Å². The Morgan fingerprint density at radius 3 is 2.95 bits per heavy atom. The van der Waals surface area contributed by atoms with Crippen LogP contribution in [0.1, 0.15) is 33.1 Å². The average Bonchev–Trinajstić information content (AvgIpc) is 2.94. The van der Waals surface area contributed by atoms with E-state index < -0.39 is 0 Å². The predicted octanol–water partition coefficient (Wildman–Crippen LogP) is 1.50. The van der Waals surface area contributed by atoms with Crippen LogP contribution in [0.25, 0.3) is 0 Å². The van der Waals surface area contributed by atoms with Crippen molar-refractivity contribution in [3.05, 3.63) is 0 Å². The Hall–Kier alpha value is -0.160. The van der Waals surface area contributed by atoms with Gasteiger partial charge in [0, 0.05) is 39.4 Å². The lowest BCUT2D eigenvalue weighted by molar-refractivity contribution is -0.00506. The Labute approximate surface area is 117 Å². The number of methoxy groups -OCH3 is 1. The summed E-state index contributed by atoms with van der Waals surface area (Å²) in [6.45, 7) is 9.92. The summed E-state index contributed by atoms with van der Waals surface area (Å²) in [6.07, 6.45) is 4.51. The maximum Gasteiger partial charge on any atom is 0.0726 e. The van der Waals surface area contributed by atoms with E-state index in [0.29, 0.717) is 24.2 Å². The molecule has 0 aromatic heterocycles. The van der Waals surface area contributed by atoms with E-state index in [0.717, 1.165) is 26.2 Å². The van der Waals surface area contributed by atoms with E-state index in [1.54, 1.807) is 0 Å². The zero-order valence-corrected chi connectivity index (χ0v) is 12.7. The molecule has 0 spiro atoms. The van der Waals surface area contributed by atoms with Crippen LogP contribution in [0.3, 0.4) is 0 Å². The van der Waals surface area contributed by atoms with Gasteiger partial charge in [0.05, 0.1) is 12.2 Å². The number of ether oxygens (including phenoxy) is 2. The number of likely N-dealkylation sites (tertiary alicyclic amines) is 1. The van der Waals surface area contributed by atoms with Crippen LogP contribution in [-0.2, 0) is 9.47 Å². The first-order valence-electron chi connectivity index (χ1n) is 7.81. The van der Waals surface area contributed by atoms with E-state index in [9.17, 15) is 0 Å². The Bertz CT molecular complexity index is 257. The van der Waals surface area contributed by atoms with Crippen LogP contribution in [0.5, 0.6) is 0 Å². The van der Waals surface area contributed by atoms with Crippen LogP contribution in [0, 0.1) is 5.92 Å². The van der Waals surface area contributed by atoms with Gasteiger partial charge in [-0.1, -0.05) is 6.92 Å². The molecule has 0 aliphatic carbocycles. The van der Waals surface area contributed by atoms with Gasteiger partial charge in [-0.25, -0.2) is 0 Å². The second kappa shape index (κ2) is 7.58. The fourth-order valence-corrected chi connectivity index (χ4v) is 3.19. The van der Waals surface area contributed by atoms with Crippen LogP contribution in [-0.4, -0.2) is 63.0 Å². The molecule has 2 heterocycles. The van der Waals surface area contributed by atoms with Gasteiger partial charge < -0.3 is 14.8 Å². The molecular weight excluding hydrogens is 240 g/mol. The smallest absolute Gasteiger partial charge is 0.0726 e. The average molecular weight is 270 g/mol. The summed E-state index contributed by atoms with van der Waals surface area (Å²) < 4.78 is 11.3. The Morgan fingerprint density at radius 2 is 2.26 bits per heavy atom. The van der Waals surface area contributed by atoms with Crippen LogP contribution in [0.15, 0.2) is 0 Å². The first-order chi connectivity index (χ1) is 9.20. The van der Waals surface area contributed by atoms with Gasteiger partial charge in [0.1, 0.15) is 0 Å². The van der Waals surface area contributed by atoms with Gasteiger partial charge in [-0.15, -0.1) is 0 Å². The van der Waals surface area contributed by atoms with E-state index in [1.165, 1.54) is 25.8 Å². The SMILES string of the molecule is COC1CN(CCNC(C)C2CCCO2)CCC1C. The highest BCUT2D eigenvalue weighted by molar-refractivity contribution is 4.80. The molecule has 0 aromatic carbocycles. The third-order valence-corrected chi connectivity index (χ3v) is 4.69. The molecule has 2 aliphatic rings. The fraction of sp³-hybridized carbons (Fsp3) is 1.00. The molecular formula is C15H30N2O2. The minimum atomic E-state index is 0.407. The lowest BCUT2D eigenvalue weighted by atomic mass is 9.96. The largest absolute Gasteiger partial charge is 0.380 e. The second-order valence-corrected chi connectivity index (χ2v) is 6.13.